The van der Waals surface area contributed by atoms with Gasteiger partial charge in [-0.25, -0.2) is 8.42 Å². The molecule has 3 atom stereocenters. The number of nitrogens with zero attached hydrogens (tertiary/aromatic N) is 3. The van der Waals surface area contributed by atoms with Crippen LogP contribution in [0.3, 0.4) is 0 Å². The number of alkyl halides is 3. The molecule has 2 aliphatic rings. The van der Waals surface area contributed by atoms with E-state index in [1.807, 2.05) is 19.9 Å². The number of rotatable bonds is 8. The van der Waals surface area contributed by atoms with Crippen LogP contribution in [0.15, 0.2) is 41.4 Å². The third kappa shape index (κ3) is 11.7. The maximum Gasteiger partial charge on any atom is 1.00 e. The number of ether oxygens (including phenoxy) is 1. The Kier molecular flexibility index (Phi) is 17.9. The van der Waals surface area contributed by atoms with E-state index in [1.165, 1.54) is 18.6 Å². The molecule has 1 N–H and O–H groups in total. The van der Waals surface area contributed by atoms with Gasteiger partial charge in [-0.15, -0.1) is 5.69 Å². The van der Waals surface area contributed by atoms with Gasteiger partial charge in [-0.1, -0.05) is 70.8 Å². The van der Waals surface area contributed by atoms with E-state index < -0.39 is 28.0 Å². The fourth-order valence-corrected chi connectivity index (χ4v) is 5.61. The number of sulfone groups is 1. The second-order valence-corrected chi connectivity index (χ2v) is 12.4. The summed E-state index contributed by atoms with van der Waals surface area (Å²) in [5.74, 6) is -1.28. The quantitative estimate of drug-likeness (QED) is 0.437. The number of aliphatic hydroxyl groups is 1. The van der Waals surface area contributed by atoms with Crippen LogP contribution in [-0.2, 0) is 27.7 Å². The van der Waals surface area contributed by atoms with E-state index in [0.717, 1.165) is 11.3 Å². The van der Waals surface area contributed by atoms with Gasteiger partial charge in [0.05, 0.1) is 28.4 Å². The fourth-order valence-electron chi connectivity index (χ4n) is 4.73. The maximum absolute atomic E-state index is 13.1. The molecule has 2 aromatic rings. The Bertz CT molecular complexity index is 1170. The van der Waals surface area contributed by atoms with E-state index in [1.54, 1.807) is 25.3 Å². The van der Waals surface area contributed by atoms with Crippen LogP contribution in [0.25, 0.3) is 5.32 Å². The van der Waals surface area contributed by atoms with Crippen LogP contribution >= 0.6 is 0 Å². The zero-order valence-corrected chi connectivity index (χ0v) is 29.8. The minimum absolute atomic E-state index is 0. The summed E-state index contributed by atoms with van der Waals surface area (Å²) in [5.41, 5.74) is 3.17. The van der Waals surface area contributed by atoms with Crippen LogP contribution in [0.5, 0.6) is 0 Å². The van der Waals surface area contributed by atoms with Crippen LogP contribution in [0, 0.1) is 5.92 Å². The van der Waals surface area contributed by atoms with Gasteiger partial charge in [0.1, 0.15) is 0 Å². The number of pyridine rings is 1. The largest absolute Gasteiger partial charge is 1.00 e. The van der Waals surface area contributed by atoms with Crippen molar-refractivity contribution in [3.05, 3.63) is 58.7 Å². The van der Waals surface area contributed by atoms with E-state index >= 15 is 0 Å². The number of hydrogen-bond acceptors (Lipinski definition) is 6. The second-order valence-electron chi connectivity index (χ2n) is 10.1. The minimum Gasteiger partial charge on any atom is -0.675 e. The predicted octanol–water partition coefficient (Wildman–Crippen LogP) is 4.12. The minimum atomic E-state index is -4.17. The molecule has 7 nitrogen and oxygen atoms in total. The molecule has 3 heterocycles. The molecule has 12 heteroatoms. The molecule has 0 spiro atoms. The third-order valence-electron chi connectivity index (χ3n) is 6.88. The van der Waals surface area contributed by atoms with Gasteiger partial charge in [0, 0.05) is 39.0 Å². The number of benzene rings is 1. The average molecular weight is 640 g/mol. The van der Waals surface area contributed by atoms with Gasteiger partial charge in [-0.3, -0.25) is 9.88 Å². The van der Waals surface area contributed by atoms with Crippen molar-refractivity contribution in [1.29, 1.82) is 0 Å². The molecular formula is C30H45F3KN3O4S. The summed E-state index contributed by atoms with van der Waals surface area (Å²) in [5, 5.41) is 14.5. The summed E-state index contributed by atoms with van der Waals surface area (Å²) < 4.78 is 68.9. The molecule has 3 unspecified atom stereocenters. The number of halogens is 3. The molecule has 0 amide bonds. The van der Waals surface area contributed by atoms with E-state index in [4.69, 9.17) is 4.74 Å². The van der Waals surface area contributed by atoms with Crippen molar-refractivity contribution in [1.82, 2.24) is 9.88 Å². The first kappa shape index (κ1) is 39.5. The zero-order valence-electron chi connectivity index (χ0n) is 25.8. The smallest absolute Gasteiger partial charge is 0.675 e. The van der Waals surface area contributed by atoms with Gasteiger partial charge in [-0.05, 0) is 37.0 Å². The standard InChI is InChI=1S/C25H31F3N3O4S.C3H8.C2H6.K/c1-2-36(33,34)22-7-3-17(4-8-22)24(16-32)30-20-11-18-13-31(15-23(18)29-12-20)14-21-6-5-19(9-10-35-21)25(26,27)28;1-3-2;1-2;/h3-4,7-8,11-12,19,21,24,32H,2,5-6,9-10,13-16H2,1H3;3H2,1-2H3;1-2H3;/q-1;;;+1. The van der Waals surface area contributed by atoms with Crippen LogP contribution in [0.4, 0.5) is 18.9 Å². The van der Waals surface area contributed by atoms with Crippen molar-refractivity contribution in [2.75, 3.05) is 25.5 Å². The first-order chi connectivity index (χ1) is 19.5. The topological polar surface area (TPSA) is 93.8 Å². The molecule has 2 aliphatic heterocycles. The zero-order chi connectivity index (χ0) is 30.6. The summed E-state index contributed by atoms with van der Waals surface area (Å²) in [6.07, 6.45) is -1.05. The van der Waals surface area contributed by atoms with Gasteiger partial charge in [0.2, 0.25) is 0 Å². The summed E-state index contributed by atoms with van der Waals surface area (Å²) in [7, 11) is -3.31. The first-order valence-corrected chi connectivity index (χ1v) is 16.2. The molecule has 1 fully saturated rings. The maximum atomic E-state index is 13.1. The van der Waals surface area contributed by atoms with Crippen molar-refractivity contribution in [2.45, 2.75) is 96.6 Å². The van der Waals surface area contributed by atoms with Crippen molar-refractivity contribution >= 4 is 15.5 Å². The normalized spacial score (nSPS) is 19.5. The van der Waals surface area contributed by atoms with Crippen molar-refractivity contribution in [2.24, 2.45) is 5.92 Å². The van der Waals surface area contributed by atoms with Gasteiger partial charge < -0.3 is 15.2 Å². The monoisotopic (exact) mass is 639 g/mol. The SMILES string of the molecule is CC.CCC.CCS(=O)(=O)c1ccc(C(CO)[N-]c2cnc3c(c2)CN(CC2CCC(C(F)(F)F)CCO2)C3)cc1.[K+]. The Morgan fingerprint density at radius 1 is 1.10 bits per heavy atom. The van der Waals surface area contributed by atoms with Crippen molar-refractivity contribution < 1.29 is 82.8 Å². The van der Waals surface area contributed by atoms with Crippen LogP contribution < -0.4 is 51.4 Å². The van der Waals surface area contributed by atoms with Crippen molar-refractivity contribution in [3.8, 4) is 0 Å². The van der Waals surface area contributed by atoms with Crippen molar-refractivity contribution in [3.63, 3.8) is 0 Å². The molecule has 0 saturated carbocycles. The molecule has 0 aliphatic carbocycles. The van der Waals surface area contributed by atoms with E-state index in [-0.39, 0.29) is 94.2 Å². The second kappa shape index (κ2) is 19.1. The van der Waals surface area contributed by atoms with Gasteiger partial charge in [0.15, 0.2) is 9.84 Å². The Morgan fingerprint density at radius 3 is 2.31 bits per heavy atom. The Morgan fingerprint density at radius 2 is 1.74 bits per heavy atom. The molecule has 1 aromatic heterocycles. The van der Waals surface area contributed by atoms with Gasteiger partial charge in [-0.2, -0.15) is 13.2 Å². The summed E-state index contributed by atoms with van der Waals surface area (Å²) in [4.78, 5) is 6.87. The number of aliphatic hydroxyl groups excluding tert-OH is 1. The molecule has 4 rings (SSSR count). The van der Waals surface area contributed by atoms with Crippen LogP contribution in [0.2, 0.25) is 0 Å². The molecule has 42 heavy (non-hydrogen) atoms. The Labute approximate surface area is 292 Å². The average Bonchev–Trinajstić information content (AvgIpc) is 3.19. The van der Waals surface area contributed by atoms with E-state index in [2.05, 4.69) is 29.0 Å². The van der Waals surface area contributed by atoms with E-state index in [9.17, 15) is 26.7 Å². The van der Waals surface area contributed by atoms with Crippen LogP contribution in [0.1, 0.15) is 83.2 Å². The third-order valence-corrected chi connectivity index (χ3v) is 8.63. The summed E-state index contributed by atoms with van der Waals surface area (Å²) >= 11 is 0. The summed E-state index contributed by atoms with van der Waals surface area (Å²) in [6.45, 7) is 11.4. The molecular weight excluding hydrogens is 595 g/mol. The van der Waals surface area contributed by atoms with Crippen LogP contribution in [-0.4, -0.2) is 61.2 Å². The van der Waals surface area contributed by atoms with E-state index in [0.29, 0.717) is 37.3 Å². The Hall–Kier alpha value is -0.574. The number of hydrogen-bond donors (Lipinski definition) is 1. The first-order valence-electron chi connectivity index (χ1n) is 14.5. The molecule has 1 saturated heterocycles. The summed E-state index contributed by atoms with van der Waals surface area (Å²) in [6, 6.07) is 7.71. The molecule has 1 aromatic carbocycles. The fraction of sp³-hybridized carbons (Fsp3) is 0.633. The number of fused-ring (bicyclic) bond motifs is 1. The van der Waals surface area contributed by atoms with Gasteiger partial charge >= 0.3 is 57.6 Å². The molecule has 232 valence electrons. The Balaban J connectivity index is 0.00000138. The molecule has 0 bridgehead atoms. The number of aromatic nitrogens is 1. The van der Waals surface area contributed by atoms with Gasteiger partial charge in [0.25, 0.3) is 0 Å². The predicted molar refractivity (Wildman–Crippen MR) is 156 cm³/mol. The molecule has 0 radical (unpaired) electrons.